The molecule has 0 aliphatic rings. The number of aryl methyl sites for hydroxylation is 1. The van der Waals surface area contributed by atoms with E-state index in [-0.39, 0.29) is 5.91 Å². The molecule has 0 spiro atoms. The highest BCUT2D eigenvalue weighted by Crippen LogP contribution is 2.30. The van der Waals surface area contributed by atoms with Crippen LogP contribution < -0.4 is 10.1 Å². The molecule has 0 aliphatic heterocycles. The number of ether oxygens (including phenoxy) is 1. The van der Waals surface area contributed by atoms with E-state index in [1.807, 2.05) is 62.4 Å². The first-order valence-corrected chi connectivity index (χ1v) is 10.1. The number of nitrogens with one attached hydrogen (secondary N) is 1. The first-order chi connectivity index (χ1) is 13.1. The van der Waals surface area contributed by atoms with Gasteiger partial charge in [0.2, 0.25) is 5.91 Å². The summed E-state index contributed by atoms with van der Waals surface area (Å²) in [6, 6.07) is 15.6. The number of hydrogen-bond donors (Lipinski definition) is 1. The van der Waals surface area contributed by atoms with E-state index in [1.54, 1.807) is 6.08 Å². The van der Waals surface area contributed by atoms with Gasteiger partial charge in [-0.25, -0.2) is 4.98 Å². The van der Waals surface area contributed by atoms with Crippen molar-refractivity contribution >= 4 is 44.4 Å². The summed E-state index contributed by atoms with van der Waals surface area (Å²) in [5.41, 5.74) is 2.77. The second kappa shape index (κ2) is 8.97. The summed E-state index contributed by atoms with van der Waals surface area (Å²) in [5, 5.41) is 3.42. The van der Waals surface area contributed by atoms with Crippen molar-refractivity contribution in [3.63, 3.8) is 0 Å². The molecule has 0 saturated heterocycles. The van der Waals surface area contributed by atoms with Crippen LogP contribution in [0.15, 0.2) is 59.1 Å². The van der Waals surface area contributed by atoms with Gasteiger partial charge in [0.25, 0.3) is 0 Å². The molecule has 0 unspecified atom stereocenters. The van der Waals surface area contributed by atoms with Crippen LogP contribution in [0.1, 0.15) is 17.4 Å². The molecule has 1 amide bonds. The van der Waals surface area contributed by atoms with E-state index in [0.717, 1.165) is 31.9 Å². The summed E-state index contributed by atoms with van der Waals surface area (Å²) in [5.74, 6) is 0.506. The van der Waals surface area contributed by atoms with E-state index in [2.05, 4.69) is 26.2 Å². The minimum Gasteiger partial charge on any atom is -0.493 e. The summed E-state index contributed by atoms with van der Waals surface area (Å²) in [4.78, 5) is 17.9. The molecule has 2 aromatic carbocycles. The number of anilines is 1. The molecule has 0 radical (unpaired) electrons. The number of nitrogens with zero attached hydrogens (tertiary/aromatic N) is 1. The summed E-state index contributed by atoms with van der Waals surface area (Å²) in [7, 11) is 0. The molecule has 0 saturated carbocycles. The number of hydrogen-bond acceptors (Lipinski definition) is 4. The fraction of sp³-hybridized carbons (Fsp3) is 0.143. The first-order valence-electron chi connectivity index (χ1n) is 8.51. The van der Waals surface area contributed by atoms with E-state index in [0.29, 0.717) is 11.7 Å². The van der Waals surface area contributed by atoms with Gasteiger partial charge in [0.15, 0.2) is 5.13 Å². The highest BCUT2D eigenvalue weighted by molar-refractivity contribution is 9.10. The molecule has 0 aliphatic carbocycles. The van der Waals surface area contributed by atoms with E-state index < -0.39 is 0 Å². The van der Waals surface area contributed by atoms with Crippen LogP contribution in [0.5, 0.6) is 5.75 Å². The molecule has 1 aromatic heterocycles. The van der Waals surface area contributed by atoms with Crippen molar-refractivity contribution in [2.45, 2.75) is 13.8 Å². The third-order valence-corrected chi connectivity index (χ3v) is 5.14. The Morgan fingerprint density at radius 3 is 2.78 bits per heavy atom. The van der Waals surface area contributed by atoms with Crippen molar-refractivity contribution in [2.75, 3.05) is 11.9 Å². The minimum atomic E-state index is -0.231. The van der Waals surface area contributed by atoms with Gasteiger partial charge >= 0.3 is 0 Å². The molecule has 4 nitrogen and oxygen atoms in total. The van der Waals surface area contributed by atoms with Gasteiger partial charge in [0.05, 0.1) is 12.3 Å². The van der Waals surface area contributed by atoms with Crippen LogP contribution in [0.3, 0.4) is 0 Å². The summed E-state index contributed by atoms with van der Waals surface area (Å²) >= 11 is 4.91. The smallest absolute Gasteiger partial charge is 0.250 e. The normalized spacial score (nSPS) is 10.9. The maximum Gasteiger partial charge on any atom is 0.250 e. The lowest BCUT2D eigenvalue weighted by Gasteiger charge is -2.07. The predicted octanol–water partition coefficient (Wildman–Crippen LogP) is 5.93. The van der Waals surface area contributed by atoms with Crippen LogP contribution in [0.2, 0.25) is 0 Å². The molecule has 1 N–H and O–H groups in total. The Labute approximate surface area is 171 Å². The highest BCUT2D eigenvalue weighted by atomic mass is 79.9. The third kappa shape index (κ3) is 5.05. The lowest BCUT2D eigenvalue weighted by molar-refractivity contribution is -0.111. The summed E-state index contributed by atoms with van der Waals surface area (Å²) in [6.45, 7) is 4.49. The van der Waals surface area contributed by atoms with Gasteiger partial charge < -0.3 is 4.74 Å². The number of rotatable bonds is 6. The average molecular weight is 443 g/mol. The molecule has 6 heteroatoms. The number of benzene rings is 2. The van der Waals surface area contributed by atoms with Gasteiger partial charge in [-0.15, -0.1) is 11.3 Å². The molecular weight excluding hydrogens is 424 g/mol. The Morgan fingerprint density at radius 1 is 1.26 bits per heavy atom. The van der Waals surface area contributed by atoms with E-state index >= 15 is 0 Å². The van der Waals surface area contributed by atoms with E-state index in [1.165, 1.54) is 17.4 Å². The molecule has 1 heterocycles. The molecule has 27 heavy (non-hydrogen) atoms. The van der Waals surface area contributed by atoms with Crippen molar-refractivity contribution in [1.82, 2.24) is 4.98 Å². The van der Waals surface area contributed by atoms with Crippen molar-refractivity contribution < 1.29 is 9.53 Å². The van der Waals surface area contributed by atoms with E-state index in [9.17, 15) is 4.79 Å². The fourth-order valence-electron chi connectivity index (χ4n) is 2.56. The van der Waals surface area contributed by atoms with E-state index in [4.69, 9.17) is 4.74 Å². The molecule has 3 rings (SSSR count). The van der Waals surface area contributed by atoms with Gasteiger partial charge in [-0.3, -0.25) is 10.1 Å². The zero-order valence-corrected chi connectivity index (χ0v) is 17.4. The van der Waals surface area contributed by atoms with Gasteiger partial charge in [-0.2, -0.15) is 0 Å². The van der Waals surface area contributed by atoms with Crippen LogP contribution in [-0.4, -0.2) is 17.5 Å². The Kier molecular flexibility index (Phi) is 6.42. The molecule has 3 aromatic rings. The Morgan fingerprint density at radius 2 is 2.04 bits per heavy atom. The van der Waals surface area contributed by atoms with Crippen LogP contribution in [0.25, 0.3) is 17.3 Å². The van der Waals surface area contributed by atoms with Gasteiger partial charge in [0, 0.05) is 26.6 Å². The standard InChI is InChI=1S/C21H19BrN2O2S/c1-3-26-18-11-10-17(22)13-16(18)9-12-19(25)23-21-24-20(14(2)27-21)15-7-5-4-6-8-15/h4-13H,3H2,1-2H3,(H,23,24,25)/b12-9+. The number of thiazole rings is 1. The molecule has 0 atom stereocenters. The Balaban J connectivity index is 1.73. The third-order valence-electron chi connectivity index (χ3n) is 3.76. The summed E-state index contributed by atoms with van der Waals surface area (Å²) < 4.78 is 6.52. The van der Waals surface area contributed by atoms with Crippen molar-refractivity contribution in [3.05, 3.63) is 69.5 Å². The van der Waals surface area contributed by atoms with Crippen LogP contribution in [0, 0.1) is 6.92 Å². The lowest BCUT2D eigenvalue weighted by atomic mass is 10.1. The Hall–Kier alpha value is -2.44. The van der Waals surface area contributed by atoms with Gasteiger partial charge in [-0.05, 0) is 38.1 Å². The SMILES string of the molecule is CCOc1ccc(Br)cc1/C=C/C(=O)Nc1nc(-c2ccccc2)c(C)s1. The van der Waals surface area contributed by atoms with Crippen molar-refractivity contribution in [1.29, 1.82) is 0 Å². The van der Waals surface area contributed by atoms with Gasteiger partial charge in [0.1, 0.15) is 5.75 Å². The number of carbonyl (C=O) groups is 1. The maximum absolute atomic E-state index is 12.3. The van der Waals surface area contributed by atoms with Crippen molar-refractivity contribution in [2.24, 2.45) is 0 Å². The molecular formula is C21H19BrN2O2S. The number of halogens is 1. The van der Waals surface area contributed by atoms with Crippen LogP contribution >= 0.6 is 27.3 Å². The lowest BCUT2D eigenvalue weighted by Crippen LogP contribution is -2.07. The first kappa shape index (κ1) is 19.3. The zero-order valence-electron chi connectivity index (χ0n) is 15.0. The molecule has 138 valence electrons. The zero-order chi connectivity index (χ0) is 19.2. The predicted molar refractivity (Wildman–Crippen MR) is 115 cm³/mol. The highest BCUT2D eigenvalue weighted by Gasteiger charge is 2.11. The topological polar surface area (TPSA) is 51.2 Å². The quantitative estimate of drug-likeness (QED) is 0.481. The number of carbonyl (C=O) groups excluding carboxylic acids is 1. The number of aromatic nitrogens is 1. The minimum absolute atomic E-state index is 0.231. The van der Waals surface area contributed by atoms with Crippen LogP contribution in [0.4, 0.5) is 5.13 Å². The second-order valence-electron chi connectivity index (χ2n) is 5.73. The summed E-state index contributed by atoms with van der Waals surface area (Å²) in [6.07, 6.45) is 3.23. The molecule has 0 bridgehead atoms. The van der Waals surface area contributed by atoms with Crippen LogP contribution in [-0.2, 0) is 4.79 Å². The maximum atomic E-state index is 12.3. The Bertz CT molecular complexity index is 968. The molecule has 0 fully saturated rings. The van der Waals surface area contributed by atoms with Gasteiger partial charge in [-0.1, -0.05) is 46.3 Å². The monoisotopic (exact) mass is 442 g/mol. The van der Waals surface area contributed by atoms with Crippen molar-refractivity contribution in [3.8, 4) is 17.0 Å². The second-order valence-corrected chi connectivity index (χ2v) is 7.85. The average Bonchev–Trinajstić information content (AvgIpc) is 3.03. The fourth-order valence-corrected chi connectivity index (χ4v) is 3.78. The number of amides is 1. The largest absolute Gasteiger partial charge is 0.493 e.